The molecular weight excluding hydrogens is 224 g/mol. The van der Waals surface area contributed by atoms with Crippen molar-refractivity contribution in [1.29, 1.82) is 0 Å². The molecule has 1 aliphatic heterocycles. The molecule has 0 saturated carbocycles. The fourth-order valence-electron chi connectivity index (χ4n) is 2.39. The average Bonchev–Trinajstić information content (AvgIpc) is 2.41. The highest BCUT2D eigenvalue weighted by Crippen LogP contribution is 2.19. The molecule has 1 aliphatic rings. The topological polar surface area (TPSA) is 55.0 Å². The summed E-state index contributed by atoms with van der Waals surface area (Å²) in [7, 11) is 0. The van der Waals surface area contributed by atoms with Crippen molar-refractivity contribution in [3.63, 3.8) is 0 Å². The Morgan fingerprint density at radius 2 is 1.83 bits per heavy atom. The van der Waals surface area contributed by atoms with E-state index in [2.05, 4.69) is 39.1 Å². The van der Waals surface area contributed by atoms with E-state index in [1.807, 2.05) is 12.4 Å². The first-order chi connectivity index (χ1) is 8.81. The molecule has 0 atom stereocenters. The molecule has 4 heteroatoms. The zero-order valence-corrected chi connectivity index (χ0v) is 10.2. The molecule has 0 saturated heterocycles. The van der Waals surface area contributed by atoms with E-state index in [4.69, 9.17) is 5.73 Å². The zero-order chi connectivity index (χ0) is 12.4. The predicted molar refractivity (Wildman–Crippen MR) is 70.7 cm³/mol. The molecule has 2 N–H and O–H groups in total. The summed E-state index contributed by atoms with van der Waals surface area (Å²) in [6, 6.07) is 8.65. The second-order valence-corrected chi connectivity index (χ2v) is 4.68. The van der Waals surface area contributed by atoms with Gasteiger partial charge < -0.3 is 5.73 Å². The lowest BCUT2D eigenvalue weighted by molar-refractivity contribution is 0.245. The van der Waals surface area contributed by atoms with Crippen molar-refractivity contribution >= 4 is 5.95 Å². The first-order valence-electron chi connectivity index (χ1n) is 6.17. The number of anilines is 1. The van der Waals surface area contributed by atoms with Gasteiger partial charge in [0.05, 0.1) is 0 Å². The summed E-state index contributed by atoms with van der Waals surface area (Å²) in [4.78, 5) is 10.5. The van der Waals surface area contributed by atoms with Crippen molar-refractivity contribution in [2.24, 2.45) is 0 Å². The maximum Gasteiger partial charge on any atom is 0.219 e. The molecule has 2 aromatic rings. The number of benzene rings is 1. The smallest absolute Gasteiger partial charge is 0.219 e. The Kier molecular flexibility index (Phi) is 2.94. The van der Waals surface area contributed by atoms with Crippen molar-refractivity contribution in [2.45, 2.75) is 19.5 Å². The molecular formula is C14H16N4. The average molecular weight is 240 g/mol. The van der Waals surface area contributed by atoms with Gasteiger partial charge >= 0.3 is 0 Å². The Labute approximate surface area is 106 Å². The van der Waals surface area contributed by atoms with Crippen LogP contribution in [0.1, 0.15) is 16.7 Å². The van der Waals surface area contributed by atoms with Gasteiger partial charge in [-0.2, -0.15) is 0 Å². The highest BCUT2D eigenvalue weighted by Gasteiger charge is 2.15. The lowest BCUT2D eigenvalue weighted by Gasteiger charge is -2.28. The normalized spacial score (nSPS) is 15.3. The number of hydrogen-bond donors (Lipinski definition) is 1. The molecule has 92 valence electrons. The number of aromatic nitrogens is 2. The molecule has 1 aromatic heterocycles. The predicted octanol–water partition coefficient (Wildman–Crippen LogP) is 1.62. The Bertz CT molecular complexity index is 536. The highest BCUT2D eigenvalue weighted by atomic mass is 15.1. The van der Waals surface area contributed by atoms with Crippen LogP contribution in [0, 0.1) is 0 Å². The summed E-state index contributed by atoms with van der Waals surface area (Å²) in [6.07, 6.45) is 4.73. The first kappa shape index (κ1) is 11.2. The molecule has 0 unspecified atom stereocenters. The van der Waals surface area contributed by atoms with Crippen molar-refractivity contribution in [2.75, 3.05) is 12.3 Å². The van der Waals surface area contributed by atoms with Crippen molar-refractivity contribution in [1.82, 2.24) is 14.9 Å². The molecule has 0 radical (unpaired) electrons. The van der Waals surface area contributed by atoms with Gasteiger partial charge in [-0.1, -0.05) is 24.3 Å². The Hall–Kier alpha value is -1.94. The van der Waals surface area contributed by atoms with Gasteiger partial charge in [-0.15, -0.1) is 0 Å². The van der Waals surface area contributed by atoms with Crippen LogP contribution < -0.4 is 5.73 Å². The quantitative estimate of drug-likeness (QED) is 0.866. The molecule has 0 fully saturated rings. The summed E-state index contributed by atoms with van der Waals surface area (Å²) in [5, 5.41) is 0. The minimum Gasteiger partial charge on any atom is -0.368 e. The second-order valence-electron chi connectivity index (χ2n) is 4.68. The molecule has 18 heavy (non-hydrogen) atoms. The van der Waals surface area contributed by atoms with Gasteiger partial charge in [0.15, 0.2) is 0 Å². The van der Waals surface area contributed by atoms with Crippen molar-refractivity contribution in [3.8, 4) is 0 Å². The molecule has 0 aliphatic carbocycles. The van der Waals surface area contributed by atoms with Gasteiger partial charge in [-0.05, 0) is 17.5 Å². The van der Waals surface area contributed by atoms with Crippen LogP contribution in [0.5, 0.6) is 0 Å². The maximum atomic E-state index is 5.49. The van der Waals surface area contributed by atoms with E-state index in [9.17, 15) is 0 Å². The van der Waals surface area contributed by atoms with E-state index in [1.165, 1.54) is 11.1 Å². The monoisotopic (exact) mass is 240 g/mol. The van der Waals surface area contributed by atoms with Crippen molar-refractivity contribution < 1.29 is 0 Å². The number of nitrogens with zero attached hydrogens (tertiary/aromatic N) is 3. The summed E-state index contributed by atoms with van der Waals surface area (Å²) in [5.74, 6) is 0.336. The Morgan fingerprint density at radius 3 is 2.61 bits per heavy atom. The minimum atomic E-state index is 0.336. The van der Waals surface area contributed by atoms with Crippen LogP contribution in [0.15, 0.2) is 36.7 Å². The molecule has 0 amide bonds. The number of fused-ring (bicyclic) bond motifs is 1. The molecule has 4 nitrogen and oxygen atoms in total. The van der Waals surface area contributed by atoms with Crippen molar-refractivity contribution in [3.05, 3.63) is 53.3 Å². The molecule has 0 bridgehead atoms. The van der Waals surface area contributed by atoms with Crippen LogP contribution in [0.2, 0.25) is 0 Å². The lowest BCUT2D eigenvalue weighted by Crippen LogP contribution is -2.30. The fraction of sp³-hybridized carbons (Fsp3) is 0.286. The largest absolute Gasteiger partial charge is 0.368 e. The van der Waals surface area contributed by atoms with E-state index in [0.717, 1.165) is 31.6 Å². The van der Waals surface area contributed by atoms with Crippen LogP contribution in [0.3, 0.4) is 0 Å². The van der Waals surface area contributed by atoms with Crippen LogP contribution in [0.4, 0.5) is 5.95 Å². The molecule has 0 spiro atoms. The van der Waals surface area contributed by atoms with Gasteiger partial charge in [0.25, 0.3) is 0 Å². The summed E-state index contributed by atoms with van der Waals surface area (Å²) >= 11 is 0. The van der Waals surface area contributed by atoms with Gasteiger partial charge in [0, 0.05) is 37.6 Å². The van der Waals surface area contributed by atoms with Crippen LogP contribution in [-0.4, -0.2) is 21.4 Å². The highest BCUT2D eigenvalue weighted by molar-refractivity contribution is 5.29. The molecule has 2 heterocycles. The zero-order valence-electron chi connectivity index (χ0n) is 10.2. The van der Waals surface area contributed by atoms with E-state index < -0.39 is 0 Å². The first-order valence-corrected chi connectivity index (χ1v) is 6.17. The Balaban J connectivity index is 1.71. The SMILES string of the molecule is Nc1ncc(CN2CCc3ccccc3C2)cn1. The van der Waals surface area contributed by atoms with Gasteiger partial charge in [-0.3, -0.25) is 4.90 Å². The van der Waals surface area contributed by atoms with Gasteiger partial charge in [0.1, 0.15) is 0 Å². The number of nitrogen functional groups attached to an aromatic ring is 1. The summed E-state index contributed by atoms with van der Waals surface area (Å²) in [6.45, 7) is 2.97. The molecule has 3 rings (SSSR count). The third-order valence-electron chi connectivity index (χ3n) is 3.34. The number of hydrogen-bond acceptors (Lipinski definition) is 4. The second kappa shape index (κ2) is 4.74. The molecule has 1 aromatic carbocycles. The van der Waals surface area contributed by atoms with Crippen LogP contribution in [0.25, 0.3) is 0 Å². The van der Waals surface area contributed by atoms with Crippen LogP contribution >= 0.6 is 0 Å². The van der Waals surface area contributed by atoms with Gasteiger partial charge in [-0.25, -0.2) is 9.97 Å². The number of rotatable bonds is 2. The van der Waals surface area contributed by atoms with E-state index in [1.54, 1.807) is 0 Å². The third kappa shape index (κ3) is 2.33. The Morgan fingerprint density at radius 1 is 1.11 bits per heavy atom. The minimum absolute atomic E-state index is 0.336. The van der Waals surface area contributed by atoms with Crippen LogP contribution in [-0.2, 0) is 19.5 Å². The summed E-state index contributed by atoms with van der Waals surface area (Å²) < 4.78 is 0. The van der Waals surface area contributed by atoms with E-state index >= 15 is 0 Å². The maximum absolute atomic E-state index is 5.49. The fourth-order valence-corrected chi connectivity index (χ4v) is 2.39. The van der Waals surface area contributed by atoms with Gasteiger partial charge in [0.2, 0.25) is 5.95 Å². The third-order valence-corrected chi connectivity index (χ3v) is 3.34. The lowest BCUT2D eigenvalue weighted by atomic mass is 10.00. The standard InChI is InChI=1S/C14H16N4/c15-14-16-7-11(8-17-14)9-18-6-5-12-3-1-2-4-13(12)10-18/h1-4,7-8H,5-6,9-10H2,(H2,15,16,17). The van der Waals surface area contributed by atoms with E-state index in [-0.39, 0.29) is 0 Å². The summed E-state index contributed by atoms with van der Waals surface area (Å²) in [5.41, 5.74) is 9.51. The number of nitrogens with two attached hydrogens (primary N) is 1. The van der Waals surface area contributed by atoms with E-state index in [0.29, 0.717) is 5.95 Å².